The lowest BCUT2D eigenvalue weighted by molar-refractivity contribution is -0.387. The highest BCUT2D eigenvalue weighted by molar-refractivity contribution is 6.28. The number of aromatic amines is 1. The van der Waals surface area contributed by atoms with Gasteiger partial charge in [-0.15, -0.1) is 0 Å². The molecule has 1 aromatic rings. The van der Waals surface area contributed by atoms with Crippen molar-refractivity contribution in [2.45, 2.75) is 33.1 Å². The first-order chi connectivity index (χ1) is 5.86. The largest absolute Gasteiger partial charge is 0.273 e. The molecular formula is C10H15ClN+. The number of aromatic nitrogens is 1. The molecule has 2 heteroatoms. The molecule has 1 aromatic heterocycles. The van der Waals surface area contributed by atoms with Crippen LogP contribution in [0.4, 0.5) is 0 Å². The molecule has 0 radical (unpaired) electrons. The summed E-state index contributed by atoms with van der Waals surface area (Å²) in [6.07, 6.45) is 3.64. The van der Waals surface area contributed by atoms with E-state index in [0.717, 1.165) is 11.6 Å². The normalized spacial score (nSPS) is 13.2. The Morgan fingerprint density at radius 1 is 1.25 bits per heavy atom. The Labute approximate surface area is 78.8 Å². The highest BCUT2D eigenvalue weighted by Gasteiger charge is 2.16. The summed E-state index contributed by atoms with van der Waals surface area (Å²) in [6, 6.07) is 4.03. The van der Waals surface area contributed by atoms with Crippen molar-refractivity contribution in [1.82, 2.24) is 0 Å². The van der Waals surface area contributed by atoms with Gasteiger partial charge in [0.05, 0.1) is 0 Å². The fourth-order valence-electron chi connectivity index (χ4n) is 1.45. The average Bonchev–Trinajstić information content (AvgIpc) is 2.54. The summed E-state index contributed by atoms with van der Waals surface area (Å²) in [5.41, 5.74) is 2.76. The van der Waals surface area contributed by atoms with Crippen LogP contribution in [0.2, 0.25) is 5.15 Å². The molecule has 0 fully saturated rings. The zero-order valence-corrected chi connectivity index (χ0v) is 8.41. The maximum Gasteiger partial charge on any atom is 0.273 e. The van der Waals surface area contributed by atoms with Crippen LogP contribution in [0.3, 0.4) is 0 Å². The molecule has 1 N–H and O–H groups in total. The summed E-state index contributed by atoms with van der Waals surface area (Å²) in [5.74, 6) is 0. The molecule has 0 amide bonds. The molecule has 0 aromatic carbocycles. The van der Waals surface area contributed by atoms with Crippen molar-refractivity contribution in [1.29, 1.82) is 0 Å². The van der Waals surface area contributed by atoms with Crippen LogP contribution in [0.15, 0.2) is 12.1 Å². The molecule has 1 aliphatic carbocycles. The number of rotatable bonds is 0. The van der Waals surface area contributed by atoms with Gasteiger partial charge in [-0.1, -0.05) is 13.8 Å². The predicted molar refractivity (Wildman–Crippen MR) is 51.4 cm³/mol. The van der Waals surface area contributed by atoms with E-state index in [4.69, 9.17) is 11.6 Å². The molecule has 0 unspecified atom stereocenters. The first kappa shape index (κ1) is 9.53. The fraction of sp³-hybridized carbons (Fsp3) is 0.500. The van der Waals surface area contributed by atoms with E-state index in [1.54, 1.807) is 0 Å². The molecule has 1 aliphatic rings. The Hall–Kier alpha value is -0.560. The Bertz CT molecular complexity index is 258. The average molecular weight is 185 g/mol. The Morgan fingerprint density at radius 3 is 2.75 bits per heavy atom. The zero-order chi connectivity index (χ0) is 8.97. The van der Waals surface area contributed by atoms with Gasteiger partial charge in [0.1, 0.15) is 0 Å². The predicted octanol–water partition coefficient (Wildman–Crippen LogP) is 2.67. The Morgan fingerprint density at radius 2 is 2.00 bits per heavy atom. The molecule has 0 bridgehead atoms. The molecule has 2 rings (SSSR count). The minimum absolute atomic E-state index is 0.751. The van der Waals surface area contributed by atoms with E-state index in [9.17, 15) is 0 Å². The van der Waals surface area contributed by atoms with Crippen LogP contribution < -0.4 is 4.98 Å². The number of halogens is 1. The molecule has 12 heavy (non-hydrogen) atoms. The van der Waals surface area contributed by atoms with E-state index >= 15 is 0 Å². The first-order valence-corrected chi connectivity index (χ1v) is 4.93. The third-order valence-electron chi connectivity index (χ3n) is 1.96. The second-order valence-corrected chi connectivity index (χ2v) is 3.07. The van der Waals surface area contributed by atoms with E-state index < -0.39 is 0 Å². The topological polar surface area (TPSA) is 14.1 Å². The highest BCUT2D eigenvalue weighted by Crippen LogP contribution is 2.17. The van der Waals surface area contributed by atoms with Crippen LogP contribution in [0.5, 0.6) is 0 Å². The van der Waals surface area contributed by atoms with Crippen LogP contribution in [-0.4, -0.2) is 0 Å². The van der Waals surface area contributed by atoms with Crippen LogP contribution in [0.25, 0.3) is 0 Å². The number of hydrogen-bond acceptors (Lipinski definition) is 0. The van der Waals surface area contributed by atoms with Crippen molar-refractivity contribution in [3.8, 4) is 0 Å². The number of pyridine rings is 1. The lowest BCUT2D eigenvalue weighted by Gasteiger charge is -1.88. The maximum atomic E-state index is 5.77. The fourth-order valence-corrected chi connectivity index (χ4v) is 1.63. The molecule has 0 aliphatic heterocycles. The van der Waals surface area contributed by atoms with Gasteiger partial charge in [0.15, 0.2) is 5.69 Å². The Balaban J connectivity index is 0.000000336. The molecule has 1 nitrogen and oxygen atoms in total. The second kappa shape index (κ2) is 4.46. The summed E-state index contributed by atoms with van der Waals surface area (Å²) < 4.78 is 0. The maximum absolute atomic E-state index is 5.77. The summed E-state index contributed by atoms with van der Waals surface area (Å²) in [7, 11) is 0. The van der Waals surface area contributed by atoms with Crippen LogP contribution in [0, 0.1) is 0 Å². The molecule has 0 spiro atoms. The molecule has 0 saturated carbocycles. The van der Waals surface area contributed by atoms with Gasteiger partial charge in [-0.2, -0.15) is 4.98 Å². The van der Waals surface area contributed by atoms with Crippen molar-refractivity contribution < 1.29 is 4.98 Å². The number of aryl methyl sites for hydroxylation is 2. The van der Waals surface area contributed by atoms with E-state index in [1.807, 2.05) is 19.9 Å². The summed E-state index contributed by atoms with van der Waals surface area (Å²) in [6.45, 7) is 4.00. The van der Waals surface area contributed by atoms with E-state index in [-0.39, 0.29) is 0 Å². The van der Waals surface area contributed by atoms with E-state index in [1.165, 1.54) is 24.1 Å². The van der Waals surface area contributed by atoms with Gasteiger partial charge < -0.3 is 0 Å². The zero-order valence-electron chi connectivity index (χ0n) is 7.65. The first-order valence-electron chi connectivity index (χ1n) is 4.56. The third kappa shape index (κ3) is 1.98. The van der Waals surface area contributed by atoms with Crippen molar-refractivity contribution in [2.75, 3.05) is 0 Å². The van der Waals surface area contributed by atoms with Gasteiger partial charge >= 0.3 is 0 Å². The summed E-state index contributed by atoms with van der Waals surface area (Å²) in [4.78, 5) is 3.15. The van der Waals surface area contributed by atoms with Gasteiger partial charge in [0.2, 0.25) is 0 Å². The van der Waals surface area contributed by atoms with Crippen LogP contribution >= 0.6 is 11.6 Å². The third-order valence-corrected chi connectivity index (χ3v) is 2.18. The SMILES string of the molecule is CC.Clc1ccc2c([nH+]1)CCC2. The number of H-pyrrole nitrogens is 1. The van der Waals surface area contributed by atoms with Crippen molar-refractivity contribution in [3.63, 3.8) is 0 Å². The monoisotopic (exact) mass is 184 g/mol. The molecule has 0 atom stereocenters. The lowest BCUT2D eigenvalue weighted by Crippen LogP contribution is -2.10. The number of hydrogen-bond donors (Lipinski definition) is 0. The van der Waals surface area contributed by atoms with Gasteiger partial charge in [-0.25, -0.2) is 0 Å². The van der Waals surface area contributed by atoms with Gasteiger partial charge in [-0.05, 0) is 30.5 Å². The summed E-state index contributed by atoms with van der Waals surface area (Å²) >= 11 is 5.77. The summed E-state index contributed by atoms with van der Waals surface area (Å²) in [5, 5.41) is 0.751. The number of fused-ring (bicyclic) bond motifs is 1. The second-order valence-electron chi connectivity index (χ2n) is 2.66. The Kier molecular flexibility index (Phi) is 3.54. The van der Waals surface area contributed by atoms with Crippen molar-refractivity contribution >= 4 is 11.6 Å². The highest BCUT2D eigenvalue weighted by atomic mass is 35.5. The van der Waals surface area contributed by atoms with E-state index in [0.29, 0.717) is 0 Å². The molecular weight excluding hydrogens is 170 g/mol. The van der Waals surface area contributed by atoms with Crippen LogP contribution in [-0.2, 0) is 12.8 Å². The minimum atomic E-state index is 0.751. The van der Waals surface area contributed by atoms with Gasteiger partial charge in [-0.3, -0.25) is 0 Å². The molecule has 66 valence electrons. The van der Waals surface area contributed by atoms with Crippen molar-refractivity contribution in [2.24, 2.45) is 0 Å². The minimum Gasteiger partial charge on any atom is -0.198 e. The lowest BCUT2D eigenvalue weighted by atomic mass is 10.2. The molecule has 1 heterocycles. The quantitative estimate of drug-likeness (QED) is 0.551. The number of nitrogens with one attached hydrogen (secondary N) is 1. The standard InChI is InChI=1S/C8H8ClN.C2H6/c9-8-5-4-6-2-1-3-7(6)10-8;1-2/h4-5H,1-3H2;1-2H3/p+1. The van der Waals surface area contributed by atoms with Gasteiger partial charge in [0.25, 0.3) is 5.15 Å². The van der Waals surface area contributed by atoms with E-state index in [2.05, 4.69) is 11.1 Å². The van der Waals surface area contributed by atoms with Crippen LogP contribution in [0.1, 0.15) is 31.5 Å². The van der Waals surface area contributed by atoms with Crippen molar-refractivity contribution in [3.05, 3.63) is 28.5 Å². The molecule has 0 saturated heterocycles. The van der Waals surface area contributed by atoms with Gasteiger partial charge in [0, 0.05) is 18.1 Å². The smallest absolute Gasteiger partial charge is 0.198 e.